The third kappa shape index (κ3) is 3.16. The summed E-state index contributed by atoms with van der Waals surface area (Å²) in [5, 5.41) is 0. The van der Waals surface area contributed by atoms with Crippen LogP contribution in [0.1, 0.15) is 34.8 Å². The first kappa shape index (κ1) is 15.4. The highest BCUT2D eigenvalue weighted by molar-refractivity contribution is 5.95. The van der Waals surface area contributed by atoms with Gasteiger partial charge in [0.15, 0.2) is 0 Å². The summed E-state index contributed by atoms with van der Waals surface area (Å²) in [6.07, 6.45) is 2.04. The van der Waals surface area contributed by atoms with Crippen LogP contribution in [0.25, 0.3) is 0 Å². The van der Waals surface area contributed by atoms with Crippen LogP contribution in [-0.4, -0.2) is 31.4 Å². The van der Waals surface area contributed by atoms with Gasteiger partial charge in [0.1, 0.15) is 0 Å². The van der Waals surface area contributed by atoms with Crippen molar-refractivity contribution in [3.05, 3.63) is 59.7 Å². The van der Waals surface area contributed by atoms with Crippen molar-refractivity contribution >= 4 is 17.3 Å². The highest BCUT2D eigenvalue weighted by Gasteiger charge is 2.30. The molecular weight excluding hydrogens is 286 g/mol. The van der Waals surface area contributed by atoms with E-state index in [1.165, 1.54) is 5.56 Å². The number of carbonyl (C=O) groups is 1. The zero-order valence-corrected chi connectivity index (χ0v) is 13.7. The van der Waals surface area contributed by atoms with Gasteiger partial charge in [0.05, 0.1) is 6.04 Å². The van der Waals surface area contributed by atoms with Crippen molar-refractivity contribution in [3.63, 3.8) is 0 Å². The SMILES string of the molecule is CN(C)c1cccc(C2CCCN2C(=O)c2cccc(N)c2)c1. The van der Waals surface area contributed by atoms with Gasteiger partial charge in [0.2, 0.25) is 0 Å². The number of hydrogen-bond donors (Lipinski definition) is 1. The van der Waals surface area contributed by atoms with E-state index in [-0.39, 0.29) is 11.9 Å². The number of likely N-dealkylation sites (tertiary alicyclic amines) is 1. The summed E-state index contributed by atoms with van der Waals surface area (Å²) in [6.45, 7) is 0.796. The Morgan fingerprint density at radius 2 is 1.96 bits per heavy atom. The number of nitrogen functional groups attached to an aromatic ring is 1. The lowest BCUT2D eigenvalue weighted by atomic mass is 10.0. The van der Waals surface area contributed by atoms with Gasteiger partial charge in [0, 0.05) is 37.6 Å². The smallest absolute Gasteiger partial charge is 0.254 e. The maximum absolute atomic E-state index is 12.9. The Hall–Kier alpha value is -2.49. The second-order valence-corrected chi connectivity index (χ2v) is 6.27. The fraction of sp³-hybridized carbons (Fsp3) is 0.316. The molecule has 0 spiro atoms. The molecule has 0 saturated carbocycles. The zero-order chi connectivity index (χ0) is 16.4. The molecule has 0 aromatic heterocycles. The maximum atomic E-state index is 12.9. The minimum atomic E-state index is 0.0649. The van der Waals surface area contributed by atoms with Crippen molar-refractivity contribution in [2.24, 2.45) is 0 Å². The number of rotatable bonds is 3. The summed E-state index contributed by atoms with van der Waals surface area (Å²) in [6, 6.07) is 15.8. The fourth-order valence-electron chi connectivity index (χ4n) is 3.20. The fourth-order valence-corrected chi connectivity index (χ4v) is 3.20. The van der Waals surface area contributed by atoms with Crippen LogP contribution < -0.4 is 10.6 Å². The summed E-state index contributed by atoms with van der Waals surface area (Å²) < 4.78 is 0. The molecule has 1 heterocycles. The van der Waals surface area contributed by atoms with E-state index in [4.69, 9.17) is 5.73 Å². The van der Waals surface area contributed by atoms with Crippen molar-refractivity contribution in [3.8, 4) is 0 Å². The third-order valence-corrected chi connectivity index (χ3v) is 4.42. The van der Waals surface area contributed by atoms with Crippen molar-refractivity contribution < 1.29 is 4.79 Å². The molecule has 1 fully saturated rings. The standard InChI is InChI=1S/C19H23N3O/c1-21(2)17-9-4-6-14(13-17)18-10-5-11-22(18)19(23)15-7-3-8-16(20)12-15/h3-4,6-9,12-13,18H,5,10-11,20H2,1-2H3. The Morgan fingerprint density at radius 1 is 1.17 bits per heavy atom. The molecular formula is C19H23N3O. The number of hydrogen-bond acceptors (Lipinski definition) is 3. The van der Waals surface area contributed by atoms with Gasteiger partial charge in [-0.1, -0.05) is 18.2 Å². The molecule has 1 saturated heterocycles. The molecule has 1 unspecified atom stereocenters. The minimum absolute atomic E-state index is 0.0649. The highest BCUT2D eigenvalue weighted by atomic mass is 16.2. The van der Waals surface area contributed by atoms with Gasteiger partial charge < -0.3 is 15.5 Å². The van der Waals surface area contributed by atoms with Crippen LogP contribution in [0.2, 0.25) is 0 Å². The number of nitrogens with zero attached hydrogens (tertiary/aromatic N) is 2. The lowest BCUT2D eigenvalue weighted by Gasteiger charge is -2.26. The topological polar surface area (TPSA) is 49.6 Å². The lowest BCUT2D eigenvalue weighted by molar-refractivity contribution is 0.0735. The molecule has 4 nitrogen and oxygen atoms in total. The van der Waals surface area contributed by atoms with E-state index in [2.05, 4.69) is 29.2 Å². The second-order valence-electron chi connectivity index (χ2n) is 6.27. The quantitative estimate of drug-likeness (QED) is 0.885. The lowest BCUT2D eigenvalue weighted by Crippen LogP contribution is -2.30. The average molecular weight is 309 g/mol. The van der Waals surface area contributed by atoms with E-state index in [9.17, 15) is 4.79 Å². The van der Waals surface area contributed by atoms with Crippen molar-refractivity contribution in [1.29, 1.82) is 0 Å². The predicted molar refractivity (Wildman–Crippen MR) is 94.6 cm³/mol. The van der Waals surface area contributed by atoms with Gasteiger partial charge in [-0.3, -0.25) is 4.79 Å². The van der Waals surface area contributed by atoms with Crippen LogP contribution in [0.15, 0.2) is 48.5 Å². The summed E-state index contributed by atoms with van der Waals surface area (Å²) in [4.78, 5) is 16.9. The van der Waals surface area contributed by atoms with Crippen LogP contribution in [0.4, 0.5) is 11.4 Å². The first-order valence-electron chi connectivity index (χ1n) is 8.00. The molecule has 0 aliphatic carbocycles. The third-order valence-electron chi connectivity index (χ3n) is 4.42. The molecule has 2 aromatic carbocycles. The zero-order valence-electron chi connectivity index (χ0n) is 13.7. The van der Waals surface area contributed by atoms with Gasteiger partial charge in [-0.2, -0.15) is 0 Å². The molecule has 3 rings (SSSR count). The van der Waals surface area contributed by atoms with Gasteiger partial charge in [0.25, 0.3) is 5.91 Å². The Balaban J connectivity index is 1.88. The normalized spacial score (nSPS) is 17.3. The number of anilines is 2. The van der Waals surface area contributed by atoms with Gasteiger partial charge in [-0.15, -0.1) is 0 Å². The molecule has 0 bridgehead atoms. The van der Waals surface area contributed by atoms with E-state index >= 15 is 0 Å². The van der Waals surface area contributed by atoms with E-state index in [1.54, 1.807) is 12.1 Å². The van der Waals surface area contributed by atoms with E-state index < -0.39 is 0 Å². The monoisotopic (exact) mass is 309 g/mol. The van der Waals surface area contributed by atoms with Gasteiger partial charge in [-0.05, 0) is 48.7 Å². The Labute approximate surface area is 137 Å². The molecule has 2 aromatic rings. The summed E-state index contributed by atoms with van der Waals surface area (Å²) in [5.74, 6) is 0.0649. The Bertz CT molecular complexity index is 711. The van der Waals surface area contributed by atoms with Crippen LogP contribution in [0, 0.1) is 0 Å². The number of nitrogens with two attached hydrogens (primary N) is 1. The Kier molecular flexibility index (Phi) is 4.24. The van der Waals surface area contributed by atoms with E-state index in [1.807, 2.05) is 31.1 Å². The average Bonchev–Trinajstić information content (AvgIpc) is 3.04. The first-order chi connectivity index (χ1) is 11.1. The highest BCUT2D eigenvalue weighted by Crippen LogP contribution is 2.34. The van der Waals surface area contributed by atoms with Crippen molar-refractivity contribution in [1.82, 2.24) is 4.90 Å². The molecule has 1 aliphatic rings. The summed E-state index contributed by atoms with van der Waals surface area (Å²) in [7, 11) is 4.06. The molecule has 4 heteroatoms. The van der Waals surface area contributed by atoms with Crippen LogP contribution in [0.3, 0.4) is 0 Å². The van der Waals surface area contributed by atoms with Crippen LogP contribution in [-0.2, 0) is 0 Å². The van der Waals surface area contributed by atoms with Gasteiger partial charge in [-0.25, -0.2) is 0 Å². The van der Waals surface area contributed by atoms with E-state index in [0.29, 0.717) is 11.3 Å². The number of carbonyl (C=O) groups excluding carboxylic acids is 1. The molecule has 1 aliphatic heterocycles. The molecule has 1 amide bonds. The Morgan fingerprint density at radius 3 is 2.70 bits per heavy atom. The number of amides is 1. The van der Waals surface area contributed by atoms with Gasteiger partial charge >= 0.3 is 0 Å². The van der Waals surface area contributed by atoms with Crippen molar-refractivity contribution in [2.45, 2.75) is 18.9 Å². The summed E-state index contributed by atoms with van der Waals surface area (Å²) >= 11 is 0. The molecule has 0 radical (unpaired) electrons. The van der Waals surface area contributed by atoms with Crippen LogP contribution in [0.5, 0.6) is 0 Å². The van der Waals surface area contributed by atoms with Crippen molar-refractivity contribution in [2.75, 3.05) is 31.3 Å². The molecule has 2 N–H and O–H groups in total. The first-order valence-corrected chi connectivity index (χ1v) is 8.00. The molecule has 120 valence electrons. The van der Waals surface area contributed by atoms with E-state index in [0.717, 1.165) is 25.1 Å². The van der Waals surface area contributed by atoms with Crippen LogP contribution >= 0.6 is 0 Å². The predicted octanol–water partition coefficient (Wildman–Crippen LogP) is 3.31. The maximum Gasteiger partial charge on any atom is 0.254 e. The molecule has 1 atom stereocenters. The minimum Gasteiger partial charge on any atom is -0.399 e. The molecule has 23 heavy (non-hydrogen) atoms. The second kappa shape index (κ2) is 6.32. The largest absolute Gasteiger partial charge is 0.399 e. The summed E-state index contributed by atoms with van der Waals surface area (Å²) in [5.41, 5.74) is 9.47. The number of benzene rings is 2.